The Bertz CT molecular complexity index is 356. The highest BCUT2D eigenvalue weighted by Crippen LogP contribution is 2.16. The maximum Gasteiger partial charge on any atom is 0.142 e. The van der Waals surface area contributed by atoms with Crippen LogP contribution in [-0.4, -0.2) is 31.3 Å². The van der Waals surface area contributed by atoms with Gasteiger partial charge < -0.3 is 14.8 Å². The molecule has 20 heavy (non-hydrogen) atoms. The molecule has 1 aromatic rings. The molecule has 1 rings (SSSR count). The predicted molar refractivity (Wildman–Crippen MR) is 82.0 cm³/mol. The molecule has 0 saturated carbocycles. The first-order valence-corrected chi connectivity index (χ1v) is 7.58. The number of hydrogen-bond acceptors (Lipinski definition) is 4. The SMILES string of the molecule is CCCCOCCOc1cnccc1CNCC(C)C. The van der Waals surface area contributed by atoms with E-state index in [0.717, 1.165) is 43.9 Å². The van der Waals surface area contributed by atoms with Crippen LogP contribution in [0.1, 0.15) is 39.2 Å². The highest BCUT2D eigenvalue weighted by atomic mass is 16.5. The molecule has 0 aliphatic carbocycles. The Morgan fingerprint density at radius 2 is 2.10 bits per heavy atom. The van der Waals surface area contributed by atoms with E-state index in [4.69, 9.17) is 9.47 Å². The summed E-state index contributed by atoms with van der Waals surface area (Å²) in [6, 6.07) is 2.00. The van der Waals surface area contributed by atoms with Gasteiger partial charge in [-0.05, 0) is 24.9 Å². The third kappa shape index (κ3) is 7.46. The summed E-state index contributed by atoms with van der Waals surface area (Å²) < 4.78 is 11.2. The van der Waals surface area contributed by atoms with Crippen LogP contribution in [0.5, 0.6) is 5.75 Å². The molecule has 1 aromatic heterocycles. The second kappa shape index (κ2) is 10.6. The second-order valence-corrected chi connectivity index (χ2v) is 5.32. The minimum absolute atomic E-state index is 0.576. The van der Waals surface area contributed by atoms with Gasteiger partial charge in [0.1, 0.15) is 12.4 Å². The van der Waals surface area contributed by atoms with Crippen molar-refractivity contribution in [2.45, 2.75) is 40.2 Å². The molecule has 0 fully saturated rings. The topological polar surface area (TPSA) is 43.4 Å². The van der Waals surface area contributed by atoms with Crippen molar-refractivity contribution in [3.8, 4) is 5.75 Å². The van der Waals surface area contributed by atoms with Crippen LogP contribution in [0.15, 0.2) is 18.5 Å². The fourth-order valence-electron chi connectivity index (χ4n) is 1.74. The summed E-state index contributed by atoms with van der Waals surface area (Å²) in [6.45, 7) is 10.4. The van der Waals surface area contributed by atoms with Gasteiger partial charge in [-0.15, -0.1) is 0 Å². The highest BCUT2D eigenvalue weighted by Gasteiger charge is 2.04. The lowest BCUT2D eigenvalue weighted by molar-refractivity contribution is 0.0975. The van der Waals surface area contributed by atoms with Crippen molar-refractivity contribution in [2.75, 3.05) is 26.4 Å². The molecule has 1 heterocycles. The standard InChI is InChI=1S/C16H28N2O2/c1-4-5-8-19-9-10-20-16-13-17-7-6-15(16)12-18-11-14(2)3/h6-7,13-14,18H,4-5,8-12H2,1-3H3. The Labute approximate surface area is 122 Å². The maximum atomic E-state index is 5.75. The Kier molecular flexibility index (Phi) is 9.00. The van der Waals surface area contributed by atoms with Gasteiger partial charge in [-0.2, -0.15) is 0 Å². The van der Waals surface area contributed by atoms with Gasteiger partial charge in [0.2, 0.25) is 0 Å². The Balaban J connectivity index is 2.29. The molecule has 0 amide bonds. The van der Waals surface area contributed by atoms with E-state index in [1.54, 1.807) is 12.4 Å². The van der Waals surface area contributed by atoms with E-state index < -0.39 is 0 Å². The van der Waals surface area contributed by atoms with Crippen LogP contribution in [0.4, 0.5) is 0 Å². The zero-order valence-corrected chi connectivity index (χ0v) is 13.0. The minimum Gasteiger partial charge on any atom is -0.489 e. The third-order valence-electron chi connectivity index (χ3n) is 2.87. The van der Waals surface area contributed by atoms with Crippen LogP contribution >= 0.6 is 0 Å². The molecule has 114 valence electrons. The molecule has 0 radical (unpaired) electrons. The molecule has 4 heteroatoms. The summed E-state index contributed by atoms with van der Waals surface area (Å²) in [4.78, 5) is 4.12. The van der Waals surface area contributed by atoms with Crippen LogP contribution in [0.2, 0.25) is 0 Å². The Morgan fingerprint density at radius 3 is 2.85 bits per heavy atom. The smallest absolute Gasteiger partial charge is 0.142 e. The third-order valence-corrected chi connectivity index (χ3v) is 2.87. The molecule has 0 aliphatic heterocycles. The molecule has 0 bridgehead atoms. The van der Waals surface area contributed by atoms with Crippen molar-refractivity contribution in [3.05, 3.63) is 24.0 Å². The average Bonchev–Trinajstić information content (AvgIpc) is 2.44. The summed E-state index contributed by atoms with van der Waals surface area (Å²) in [6.07, 6.45) is 5.85. The highest BCUT2D eigenvalue weighted by molar-refractivity contribution is 5.29. The van der Waals surface area contributed by atoms with Gasteiger partial charge in [0.15, 0.2) is 0 Å². The fourth-order valence-corrected chi connectivity index (χ4v) is 1.74. The van der Waals surface area contributed by atoms with Crippen LogP contribution in [-0.2, 0) is 11.3 Å². The number of nitrogens with one attached hydrogen (secondary N) is 1. The number of aromatic nitrogens is 1. The van der Waals surface area contributed by atoms with Crippen LogP contribution < -0.4 is 10.1 Å². The van der Waals surface area contributed by atoms with E-state index in [1.165, 1.54) is 0 Å². The molecule has 1 N–H and O–H groups in total. The van der Waals surface area contributed by atoms with Crippen LogP contribution in [0.25, 0.3) is 0 Å². The summed E-state index contributed by atoms with van der Waals surface area (Å²) in [5, 5.41) is 3.42. The van der Waals surface area contributed by atoms with Crippen molar-refractivity contribution >= 4 is 0 Å². The number of ether oxygens (including phenoxy) is 2. The lowest BCUT2D eigenvalue weighted by Crippen LogP contribution is -2.19. The molecular formula is C16H28N2O2. The summed E-state index contributed by atoms with van der Waals surface area (Å²) in [7, 11) is 0. The van der Waals surface area contributed by atoms with Crippen molar-refractivity contribution < 1.29 is 9.47 Å². The zero-order chi connectivity index (χ0) is 14.6. The first-order chi connectivity index (χ1) is 9.74. The number of hydrogen-bond donors (Lipinski definition) is 1. The summed E-state index contributed by atoms with van der Waals surface area (Å²) in [5.74, 6) is 1.50. The molecule has 0 spiro atoms. The maximum absolute atomic E-state index is 5.75. The monoisotopic (exact) mass is 280 g/mol. The van der Waals surface area contributed by atoms with Crippen molar-refractivity contribution in [1.29, 1.82) is 0 Å². The first kappa shape index (κ1) is 16.9. The van der Waals surface area contributed by atoms with Crippen molar-refractivity contribution in [1.82, 2.24) is 10.3 Å². The van der Waals surface area contributed by atoms with E-state index in [2.05, 4.69) is 31.1 Å². The predicted octanol–water partition coefficient (Wildman–Crippen LogP) is 3.02. The second-order valence-electron chi connectivity index (χ2n) is 5.32. The zero-order valence-electron chi connectivity index (χ0n) is 13.0. The molecule has 0 atom stereocenters. The van der Waals surface area contributed by atoms with Crippen LogP contribution in [0, 0.1) is 5.92 Å². The van der Waals surface area contributed by atoms with Gasteiger partial charge in [0, 0.05) is 24.9 Å². The van der Waals surface area contributed by atoms with Gasteiger partial charge in [0.05, 0.1) is 12.8 Å². The minimum atomic E-state index is 0.576. The molecule has 0 unspecified atom stereocenters. The lowest BCUT2D eigenvalue weighted by Gasteiger charge is -2.12. The Hall–Kier alpha value is -1.13. The molecular weight excluding hydrogens is 252 g/mol. The largest absolute Gasteiger partial charge is 0.489 e. The normalized spacial score (nSPS) is 11.0. The number of rotatable bonds is 11. The van der Waals surface area contributed by atoms with Gasteiger partial charge in [-0.25, -0.2) is 0 Å². The summed E-state index contributed by atoms with van der Waals surface area (Å²) in [5.41, 5.74) is 1.15. The van der Waals surface area contributed by atoms with Crippen molar-refractivity contribution in [3.63, 3.8) is 0 Å². The average molecular weight is 280 g/mol. The van der Waals surface area contributed by atoms with Gasteiger partial charge in [-0.1, -0.05) is 27.2 Å². The van der Waals surface area contributed by atoms with E-state index in [0.29, 0.717) is 19.1 Å². The van der Waals surface area contributed by atoms with E-state index in [9.17, 15) is 0 Å². The first-order valence-electron chi connectivity index (χ1n) is 7.58. The van der Waals surface area contributed by atoms with Gasteiger partial charge in [-0.3, -0.25) is 4.98 Å². The molecule has 0 saturated heterocycles. The summed E-state index contributed by atoms with van der Waals surface area (Å²) >= 11 is 0. The van der Waals surface area contributed by atoms with Gasteiger partial charge >= 0.3 is 0 Å². The van der Waals surface area contributed by atoms with E-state index in [-0.39, 0.29) is 0 Å². The molecule has 0 aliphatic rings. The number of pyridine rings is 1. The lowest BCUT2D eigenvalue weighted by atomic mass is 10.2. The fraction of sp³-hybridized carbons (Fsp3) is 0.688. The van der Waals surface area contributed by atoms with Crippen molar-refractivity contribution in [2.24, 2.45) is 5.92 Å². The molecule has 0 aromatic carbocycles. The molecule has 4 nitrogen and oxygen atoms in total. The van der Waals surface area contributed by atoms with Crippen LogP contribution in [0.3, 0.4) is 0 Å². The van der Waals surface area contributed by atoms with Gasteiger partial charge in [0.25, 0.3) is 0 Å². The van der Waals surface area contributed by atoms with E-state index in [1.807, 2.05) is 6.07 Å². The quantitative estimate of drug-likeness (QED) is 0.633. The number of unbranched alkanes of at least 4 members (excludes halogenated alkanes) is 1. The Morgan fingerprint density at radius 1 is 1.25 bits per heavy atom. The number of nitrogens with zero attached hydrogens (tertiary/aromatic N) is 1. The van der Waals surface area contributed by atoms with E-state index >= 15 is 0 Å².